The fourth-order valence-corrected chi connectivity index (χ4v) is 2.04. The van der Waals surface area contributed by atoms with Gasteiger partial charge in [0.2, 0.25) is 0 Å². The van der Waals surface area contributed by atoms with E-state index in [9.17, 15) is 0 Å². The van der Waals surface area contributed by atoms with Crippen LogP contribution in [-0.4, -0.2) is 11.2 Å². The van der Waals surface area contributed by atoms with Gasteiger partial charge < -0.3 is 0 Å². The Kier molecular flexibility index (Phi) is 2.50. The highest BCUT2D eigenvalue weighted by atomic mass is 17.2. The smallest absolute Gasteiger partial charge is 0.0982 e. The lowest BCUT2D eigenvalue weighted by atomic mass is 9.87. The van der Waals surface area contributed by atoms with Crippen molar-refractivity contribution in [3.05, 3.63) is 0 Å². The highest BCUT2D eigenvalue weighted by Gasteiger charge is 2.34. The van der Waals surface area contributed by atoms with Crippen molar-refractivity contribution in [2.45, 2.75) is 58.7 Å². The van der Waals surface area contributed by atoms with E-state index in [0.29, 0.717) is 5.92 Å². The maximum Gasteiger partial charge on any atom is 0.0982 e. The van der Waals surface area contributed by atoms with Crippen LogP contribution in [0.15, 0.2) is 0 Å². The third kappa shape index (κ3) is 2.76. The van der Waals surface area contributed by atoms with Crippen molar-refractivity contribution in [1.82, 2.24) is 0 Å². The average Bonchev–Trinajstić information content (AvgIpc) is 1.87. The number of hydrogen-bond donors (Lipinski definition) is 0. The standard InChI is InChI=1S/C10H20O2/c1-8-6-9(2,3)11-12-10(4,5)7-8/h8H,6-7H2,1-5H3. The lowest BCUT2D eigenvalue weighted by molar-refractivity contribution is -0.393. The molecule has 0 aromatic heterocycles. The highest BCUT2D eigenvalue weighted by Crippen LogP contribution is 2.33. The molecule has 0 aromatic rings. The lowest BCUT2D eigenvalue weighted by Gasteiger charge is -2.24. The second kappa shape index (κ2) is 3.00. The van der Waals surface area contributed by atoms with Crippen LogP contribution in [0.2, 0.25) is 0 Å². The average molecular weight is 172 g/mol. The molecule has 0 atom stereocenters. The topological polar surface area (TPSA) is 18.5 Å². The van der Waals surface area contributed by atoms with Crippen LogP contribution in [0.4, 0.5) is 0 Å². The van der Waals surface area contributed by atoms with E-state index in [1.165, 1.54) is 0 Å². The molecule has 0 amide bonds. The number of rotatable bonds is 0. The predicted octanol–water partition coefficient (Wildman–Crippen LogP) is 2.92. The monoisotopic (exact) mass is 172 g/mol. The van der Waals surface area contributed by atoms with Crippen molar-refractivity contribution in [1.29, 1.82) is 0 Å². The first-order chi connectivity index (χ1) is 5.31. The van der Waals surface area contributed by atoms with Crippen molar-refractivity contribution in [2.75, 3.05) is 0 Å². The fourth-order valence-electron chi connectivity index (χ4n) is 2.04. The minimum absolute atomic E-state index is 0.132. The van der Waals surface area contributed by atoms with E-state index >= 15 is 0 Å². The van der Waals surface area contributed by atoms with Crippen molar-refractivity contribution < 1.29 is 9.78 Å². The minimum Gasteiger partial charge on any atom is -0.230 e. The summed E-state index contributed by atoms with van der Waals surface area (Å²) in [5, 5.41) is 0. The summed E-state index contributed by atoms with van der Waals surface area (Å²) in [6.45, 7) is 10.5. The van der Waals surface area contributed by atoms with Gasteiger partial charge in [-0.2, -0.15) is 0 Å². The Hall–Kier alpha value is -0.0800. The summed E-state index contributed by atoms with van der Waals surface area (Å²) in [5.74, 6) is 0.664. The van der Waals surface area contributed by atoms with Crippen molar-refractivity contribution >= 4 is 0 Å². The fraction of sp³-hybridized carbons (Fsp3) is 1.00. The molecule has 0 radical (unpaired) electrons. The molecule has 1 aliphatic rings. The van der Waals surface area contributed by atoms with Gasteiger partial charge in [-0.05, 0) is 46.5 Å². The van der Waals surface area contributed by atoms with E-state index in [1.54, 1.807) is 0 Å². The Labute approximate surface area is 75.2 Å². The van der Waals surface area contributed by atoms with Gasteiger partial charge in [0, 0.05) is 0 Å². The summed E-state index contributed by atoms with van der Waals surface area (Å²) in [4.78, 5) is 10.8. The summed E-state index contributed by atoms with van der Waals surface area (Å²) in [5.41, 5.74) is -0.264. The minimum atomic E-state index is -0.132. The van der Waals surface area contributed by atoms with Crippen molar-refractivity contribution in [3.63, 3.8) is 0 Å². The molecular formula is C10H20O2. The Morgan fingerprint density at radius 2 is 1.25 bits per heavy atom. The van der Waals surface area contributed by atoms with E-state index in [0.717, 1.165) is 12.8 Å². The van der Waals surface area contributed by atoms with Gasteiger partial charge in [-0.1, -0.05) is 6.92 Å². The van der Waals surface area contributed by atoms with Gasteiger partial charge in [-0.3, -0.25) is 0 Å². The van der Waals surface area contributed by atoms with Gasteiger partial charge in [0.1, 0.15) is 0 Å². The van der Waals surface area contributed by atoms with Gasteiger partial charge >= 0.3 is 0 Å². The first-order valence-corrected chi connectivity index (χ1v) is 4.68. The maximum atomic E-state index is 5.38. The first-order valence-electron chi connectivity index (χ1n) is 4.68. The molecule has 1 saturated heterocycles. The first kappa shape index (κ1) is 10.0. The summed E-state index contributed by atoms with van der Waals surface area (Å²) < 4.78 is 0. The van der Waals surface area contributed by atoms with E-state index in [1.807, 2.05) is 0 Å². The zero-order chi connectivity index (χ0) is 9.41. The van der Waals surface area contributed by atoms with Crippen LogP contribution < -0.4 is 0 Å². The molecule has 72 valence electrons. The van der Waals surface area contributed by atoms with Gasteiger partial charge in [-0.15, -0.1) is 0 Å². The lowest BCUT2D eigenvalue weighted by Crippen LogP contribution is -2.27. The Bertz CT molecular complexity index is 143. The Morgan fingerprint density at radius 3 is 1.58 bits per heavy atom. The van der Waals surface area contributed by atoms with Crippen LogP contribution in [0.3, 0.4) is 0 Å². The molecule has 1 aliphatic heterocycles. The zero-order valence-electron chi connectivity index (χ0n) is 8.81. The van der Waals surface area contributed by atoms with E-state index in [4.69, 9.17) is 9.78 Å². The second-order valence-electron chi connectivity index (χ2n) is 5.20. The molecule has 0 N–H and O–H groups in total. The largest absolute Gasteiger partial charge is 0.230 e. The molecule has 0 saturated carbocycles. The maximum absolute atomic E-state index is 5.38. The summed E-state index contributed by atoms with van der Waals surface area (Å²) in [6.07, 6.45) is 2.13. The van der Waals surface area contributed by atoms with Gasteiger partial charge in [0.25, 0.3) is 0 Å². The molecule has 12 heavy (non-hydrogen) atoms. The van der Waals surface area contributed by atoms with Crippen LogP contribution in [0.1, 0.15) is 47.5 Å². The van der Waals surface area contributed by atoms with Crippen LogP contribution in [0.25, 0.3) is 0 Å². The van der Waals surface area contributed by atoms with Crippen molar-refractivity contribution in [2.24, 2.45) is 5.92 Å². The summed E-state index contributed by atoms with van der Waals surface area (Å²) in [6, 6.07) is 0. The normalized spacial score (nSPS) is 29.8. The van der Waals surface area contributed by atoms with Crippen LogP contribution in [-0.2, 0) is 9.78 Å². The van der Waals surface area contributed by atoms with Gasteiger partial charge in [0.05, 0.1) is 11.2 Å². The summed E-state index contributed by atoms with van der Waals surface area (Å²) >= 11 is 0. The third-order valence-electron chi connectivity index (χ3n) is 2.17. The van der Waals surface area contributed by atoms with Crippen LogP contribution in [0.5, 0.6) is 0 Å². The Morgan fingerprint density at radius 1 is 0.917 bits per heavy atom. The number of hydrogen-bond acceptors (Lipinski definition) is 2. The molecule has 2 heteroatoms. The molecule has 1 fully saturated rings. The predicted molar refractivity (Wildman–Crippen MR) is 48.7 cm³/mol. The molecular weight excluding hydrogens is 152 g/mol. The van der Waals surface area contributed by atoms with Gasteiger partial charge in [0.15, 0.2) is 0 Å². The highest BCUT2D eigenvalue weighted by molar-refractivity contribution is 4.79. The molecule has 0 spiro atoms. The quantitative estimate of drug-likeness (QED) is 0.523. The second-order valence-corrected chi connectivity index (χ2v) is 5.20. The van der Waals surface area contributed by atoms with Gasteiger partial charge in [-0.25, -0.2) is 9.78 Å². The van der Waals surface area contributed by atoms with E-state index in [2.05, 4.69) is 34.6 Å². The summed E-state index contributed by atoms with van der Waals surface area (Å²) in [7, 11) is 0. The molecule has 1 rings (SSSR count). The molecule has 1 heterocycles. The Balaban J connectivity index is 2.66. The van der Waals surface area contributed by atoms with Crippen LogP contribution >= 0.6 is 0 Å². The SMILES string of the molecule is CC1CC(C)(C)OOC(C)(C)C1. The molecule has 0 unspecified atom stereocenters. The third-order valence-corrected chi connectivity index (χ3v) is 2.17. The van der Waals surface area contributed by atoms with E-state index in [-0.39, 0.29) is 11.2 Å². The zero-order valence-corrected chi connectivity index (χ0v) is 8.81. The molecule has 0 aromatic carbocycles. The van der Waals surface area contributed by atoms with Crippen LogP contribution in [0, 0.1) is 5.92 Å². The van der Waals surface area contributed by atoms with Crippen molar-refractivity contribution in [3.8, 4) is 0 Å². The molecule has 0 bridgehead atoms. The van der Waals surface area contributed by atoms with E-state index < -0.39 is 0 Å². The molecule has 2 nitrogen and oxygen atoms in total. The molecule has 0 aliphatic carbocycles.